The second kappa shape index (κ2) is 7.38. The van der Waals surface area contributed by atoms with E-state index in [1.54, 1.807) is 24.4 Å². The number of rotatable bonds is 4. The number of anilines is 1. The fourth-order valence-corrected chi connectivity index (χ4v) is 2.59. The number of nitrogens with one attached hydrogen (secondary N) is 3. The van der Waals surface area contributed by atoms with E-state index in [2.05, 4.69) is 20.6 Å². The van der Waals surface area contributed by atoms with Crippen molar-refractivity contribution < 1.29 is 4.79 Å². The highest BCUT2D eigenvalue weighted by Crippen LogP contribution is 2.25. The number of amides is 2. The Morgan fingerprint density at radius 3 is 2.67 bits per heavy atom. The summed E-state index contributed by atoms with van der Waals surface area (Å²) in [4.78, 5) is 19.4. The van der Waals surface area contributed by atoms with Crippen molar-refractivity contribution in [3.8, 4) is 11.3 Å². The second-order valence-electron chi connectivity index (χ2n) is 5.04. The number of aromatic nitrogens is 2. The molecule has 1 heterocycles. The summed E-state index contributed by atoms with van der Waals surface area (Å²) in [6.45, 7) is 0.268. The minimum Gasteiger partial charge on any atom is -0.341 e. The van der Waals surface area contributed by atoms with Gasteiger partial charge in [-0.15, -0.1) is 0 Å². The summed E-state index contributed by atoms with van der Waals surface area (Å²) in [7, 11) is 0. The zero-order valence-corrected chi connectivity index (χ0v) is 14.0. The molecule has 3 N–H and O–H groups in total. The summed E-state index contributed by atoms with van der Waals surface area (Å²) < 4.78 is 0. The van der Waals surface area contributed by atoms with Crippen LogP contribution in [0.2, 0.25) is 10.0 Å². The van der Waals surface area contributed by atoms with Gasteiger partial charge in [-0.05, 0) is 23.8 Å². The van der Waals surface area contributed by atoms with Gasteiger partial charge in [0, 0.05) is 5.02 Å². The SMILES string of the molecule is O=C(NCc1ncc(-c2ccccc2)[nH]1)Nc1ccc(Cl)cc1Cl. The van der Waals surface area contributed by atoms with Crippen LogP contribution in [0.4, 0.5) is 10.5 Å². The molecule has 24 heavy (non-hydrogen) atoms. The third-order valence-electron chi connectivity index (χ3n) is 3.31. The lowest BCUT2D eigenvalue weighted by molar-refractivity contribution is 0.251. The lowest BCUT2D eigenvalue weighted by atomic mass is 10.2. The number of hydrogen-bond acceptors (Lipinski definition) is 2. The van der Waals surface area contributed by atoms with E-state index in [0.717, 1.165) is 11.3 Å². The maximum atomic E-state index is 11.9. The van der Waals surface area contributed by atoms with Gasteiger partial charge in [0.05, 0.1) is 29.1 Å². The Balaban J connectivity index is 1.58. The van der Waals surface area contributed by atoms with Gasteiger partial charge in [-0.3, -0.25) is 0 Å². The number of urea groups is 1. The molecule has 0 atom stereocenters. The molecule has 0 radical (unpaired) electrons. The van der Waals surface area contributed by atoms with Crippen LogP contribution in [0.1, 0.15) is 5.82 Å². The van der Waals surface area contributed by atoms with Gasteiger partial charge >= 0.3 is 6.03 Å². The van der Waals surface area contributed by atoms with Crippen LogP contribution < -0.4 is 10.6 Å². The smallest absolute Gasteiger partial charge is 0.319 e. The number of aromatic amines is 1. The molecule has 0 unspecified atom stereocenters. The van der Waals surface area contributed by atoms with Gasteiger partial charge in [0.25, 0.3) is 0 Å². The molecule has 2 amide bonds. The van der Waals surface area contributed by atoms with Crippen LogP contribution in [0.15, 0.2) is 54.7 Å². The summed E-state index contributed by atoms with van der Waals surface area (Å²) in [6.07, 6.45) is 1.74. The first-order valence-corrected chi connectivity index (χ1v) is 7.96. The van der Waals surface area contributed by atoms with Crippen molar-refractivity contribution in [3.63, 3.8) is 0 Å². The topological polar surface area (TPSA) is 69.8 Å². The minimum absolute atomic E-state index is 0.268. The molecule has 5 nitrogen and oxygen atoms in total. The second-order valence-corrected chi connectivity index (χ2v) is 5.89. The first kappa shape index (κ1) is 16.4. The Bertz CT molecular complexity index is 849. The summed E-state index contributed by atoms with van der Waals surface area (Å²) in [5.74, 6) is 0.659. The predicted molar refractivity (Wildman–Crippen MR) is 96.3 cm³/mol. The Labute approximate surface area is 149 Å². The number of carbonyl (C=O) groups excluding carboxylic acids is 1. The van der Waals surface area contributed by atoms with Crippen molar-refractivity contribution in [1.29, 1.82) is 0 Å². The highest BCUT2D eigenvalue weighted by molar-refractivity contribution is 6.36. The summed E-state index contributed by atoms with van der Waals surface area (Å²) >= 11 is 11.8. The van der Waals surface area contributed by atoms with Gasteiger partial charge in [0.15, 0.2) is 0 Å². The fourth-order valence-electron chi connectivity index (χ4n) is 2.14. The molecule has 2 aromatic carbocycles. The van der Waals surface area contributed by atoms with Crippen molar-refractivity contribution in [2.45, 2.75) is 6.54 Å². The van der Waals surface area contributed by atoms with E-state index in [0.29, 0.717) is 21.6 Å². The Morgan fingerprint density at radius 1 is 1.12 bits per heavy atom. The molecule has 3 aromatic rings. The van der Waals surface area contributed by atoms with Crippen molar-refractivity contribution in [2.24, 2.45) is 0 Å². The normalized spacial score (nSPS) is 10.4. The molecule has 0 fully saturated rings. The highest BCUT2D eigenvalue weighted by Gasteiger charge is 2.08. The summed E-state index contributed by atoms with van der Waals surface area (Å²) in [5, 5.41) is 6.27. The number of benzene rings is 2. The molecule has 0 aliphatic carbocycles. The molecule has 0 saturated carbocycles. The number of H-pyrrole nitrogens is 1. The van der Waals surface area contributed by atoms with Gasteiger partial charge in [-0.25, -0.2) is 9.78 Å². The molecular weight excluding hydrogens is 347 g/mol. The van der Waals surface area contributed by atoms with E-state index in [-0.39, 0.29) is 12.6 Å². The summed E-state index contributed by atoms with van der Waals surface area (Å²) in [5.41, 5.74) is 2.42. The van der Waals surface area contributed by atoms with Crippen molar-refractivity contribution >= 4 is 34.9 Å². The van der Waals surface area contributed by atoms with Crippen LogP contribution in [-0.4, -0.2) is 16.0 Å². The number of hydrogen-bond donors (Lipinski definition) is 3. The maximum absolute atomic E-state index is 11.9. The van der Waals surface area contributed by atoms with Crippen molar-refractivity contribution in [2.75, 3.05) is 5.32 Å². The van der Waals surface area contributed by atoms with Crippen LogP contribution >= 0.6 is 23.2 Å². The van der Waals surface area contributed by atoms with Crippen LogP contribution in [0, 0.1) is 0 Å². The molecule has 0 saturated heterocycles. The predicted octanol–water partition coefficient (Wildman–Crippen LogP) is 4.71. The molecule has 3 rings (SSSR count). The Kier molecular flexibility index (Phi) is 5.03. The maximum Gasteiger partial charge on any atom is 0.319 e. The largest absolute Gasteiger partial charge is 0.341 e. The molecule has 1 aromatic heterocycles. The summed E-state index contributed by atoms with van der Waals surface area (Å²) in [6, 6.07) is 14.3. The number of nitrogens with zero attached hydrogens (tertiary/aromatic N) is 1. The Morgan fingerprint density at radius 2 is 1.92 bits per heavy atom. The highest BCUT2D eigenvalue weighted by atomic mass is 35.5. The van der Waals surface area contributed by atoms with Gasteiger partial charge < -0.3 is 15.6 Å². The van der Waals surface area contributed by atoms with E-state index < -0.39 is 0 Å². The van der Waals surface area contributed by atoms with E-state index in [4.69, 9.17) is 23.2 Å². The van der Waals surface area contributed by atoms with Crippen molar-refractivity contribution in [3.05, 3.63) is 70.6 Å². The monoisotopic (exact) mass is 360 g/mol. The molecule has 122 valence electrons. The quantitative estimate of drug-likeness (QED) is 0.630. The van der Waals surface area contributed by atoms with Gasteiger partial charge in [-0.2, -0.15) is 0 Å². The van der Waals surface area contributed by atoms with Gasteiger partial charge in [0.1, 0.15) is 5.82 Å². The third-order valence-corrected chi connectivity index (χ3v) is 3.86. The molecule has 7 heteroatoms. The van der Waals surface area contributed by atoms with E-state index in [1.165, 1.54) is 0 Å². The van der Waals surface area contributed by atoms with Crippen LogP contribution in [0.25, 0.3) is 11.3 Å². The average molecular weight is 361 g/mol. The van der Waals surface area contributed by atoms with Crippen LogP contribution in [0.3, 0.4) is 0 Å². The average Bonchev–Trinajstić information content (AvgIpc) is 3.05. The molecule has 0 spiro atoms. The first-order chi connectivity index (χ1) is 11.6. The molecule has 0 aliphatic rings. The van der Waals surface area contributed by atoms with E-state index >= 15 is 0 Å². The standard InChI is InChI=1S/C17H14Cl2N4O/c18-12-6-7-14(13(19)8-12)23-17(24)21-10-16-20-9-15(22-16)11-4-2-1-3-5-11/h1-9H,10H2,(H,20,22)(H2,21,23,24). The number of halogens is 2. The van der Waals surface area contributed by atoms with Crippen LogP contribution in [-0.2, 0) is 6.54 Å². The lowest BCUT2D eigenvalue weighted by Gasteiger charge is -2.08. The van der Waals surface area contributed by atoms with E-state index in [1.807, 2.05) is 30.3 Å². The minimum atomic E-state index is -0.378. The lowest BCUT2D eigenvalue weighted by Crippen LogP contribution is -2.28. The Hall–Kier alpha value is -2.50. The van der Waals surface area contributed by atoms with Gasteiger partial charge in [-0.1, -0.05) is 53.5 Å². The molecule has 0 bridgehead atoms. The molecule has 0 aliphatic heterocycles. The number of imidazole rings is 1. The fraction of sp³-hybridized carbons (Fsp3) is 0.0588. The van der Waals surface area contributed by atoms with Crippen LogP contribution in [0.5, 0.6) is 0 Å². The number of carbonyl (C=O) groups is 1. The molecular formula is C17H14Cl2N4O. The van der Waals surface area contributed by atoms with E-state index in [9.17, 15) is 4.79 Å². The zero-order valence-electron chi connectivity index (χ0n) is 12.5. The third kappa shape index (κ3) is 4.07. The first-order valence-electron chi connectivity index (χ1n) is 7.21. The van der Waals surface area contributed by atoms with Gasteiger partial charge in [0.2, 0.25) is 0 Å². The van der Waals surface area contributed by atoms with Crippen molar-refractivity contribution in [1.82, 2.24) is 15.3 Å². The zero-order chi connectivity index (χ0) is 16.9.